The van der Waals surface area contributed by atoms with Crippen LogP contribution in [0.1, 0.15) is 48.2 Å². The molecule has 0 bridgehead atoms. The molecule has 0 spiro atoms. The normalized spacial score (nSPS) is 15.0. The highest BCUT2D eigenvalue weighted by Crippen LogP contribution is 2.30. The van der Waals surface area contributed by atoms with Gasteiger partial charge in [0.05, 0.1) is 13.2 Å². The number of aliphatic hydroxyl groups excluding tert-OH is 1. The van der Waals surface area contributed by atoms with E-state index in [1.807, 2.05) is 38.1 Å². The molecule has 4 rings (SSSR count). The average Bonchev–Trinajstić information content (AvgIpc) is 2.81. The molecule has 2 N–H and O–H groups in total. The van der Waals surface area contributed by atoms with E-state index in [1.54, 1.807) is 6.20 Å². The van der Waals surface area contributed by atoms with Gasteiger partial charge in [-0.3, -0.25) is 9.88 Å². The van der Waals surface area contributed by atoms with E-state index >= 15 is 0 Å². The number of hydrogen-bond donors (Lipinski definition) is 2. The van der Waals surface area contributed by atoms with Gasteiger partial charge >= 0.3 is 0 Å². The van der Waals surface area contributed by atoms with Crippen molar-refractivity contribution in [3.8, 4) is 5.75 Å². The summed E-state index contributed by atoms with van der Waals surface area (Å²) in [5.41, 5.74) is 5.29. The van der Waals surface area contributed by atoms with Gasteiger partial charge in [0.25, 0.3) is 0 Å². The second kappa shape index (κ2) is 10.6. The summed E-state index contributed by atoms with van der Waals surface area (Å²) >= 11 is 0. The molecular weight excluding hydrogens is 400 g/mol. The summed E-state index contributed by atoms with van der Waals surface area (Å²) in [6.07, 6.45) is 3.97. The number of anilines is 2. The van der Waals surface area contributed by atoms with Crippen molar-refractivity contribution in [3.05, 3.63) is 77.2 Å². The Morgan fingerprint density at radius 3 is 2.69 bits per heavy atom. The zero-order valence-corrected chi connectivity index (χ0v) is 18.9. The number of nitrogens with zero attached hydrogens (tertiary/aromatic N) is 3. The van der Waals surface area contributed by atoms with Crippen LogP contribution in [0, 0.1) is 6.92 Å². The summed E-state index contributed by atoms with van der Waals surface area (Å²) in [7, 11) is 0. The van der Waals surface area contributed by atoms with Crippen molar-refractivity contribution in [2.24, 2.45) is 0 Å². The van der Waals surface area contributed by atoms with Crippen LogP contribution >= 0.6 is 0 Å². The van der Waals surface area contributed by atoms with Gasteiger partial charge in [-0.25, -0.2) is 4.98 Å². The van der Waals surface area contributed by atoms with Crippen LogP contribution in [0.2, 0.25) is 0 Å². The number of hydrogen-bond acceptors (Lipinski definition) is 6. The lowest BCUT2D eigenvalue weighted by Gasteiger charge is -2.32. The second-order valence-corrected chi connectivity index (χ2v) is 8.35. The van der Waals surface area contributed by atoms with E-state index in [0.29, 0.717) is 12.5 Å². The summed E-state index contributed by atoms with van der Waals surface area (Å²) in [5.74, 6) is 2.08. The number of aliphatic hydroxyl groups is 1. The Hall–Kier alpha value is -2.96. The first-order valence-electron chi connectivity index (χ1n) is 11.4. The van der Waals surface area contributed by atoms with E-state index in [4.69, 9.17) is 9.72 Å². The Morgan fingerprint density at radius 1 is 1.12 bits per heavy atom. The fourth-order valence-corrected chi connectivity index (χ4v) is 4.36. The van der Waals surface area contributed by atoms with Crippen LogP contribution in [0.15, 0.2) is 54.7 Å². The third kappa shape index (κ3) is 5.64. The van der Waals surface area contributed by atoms with Gasteiger partial charge in [0.15, 0.2) is 0 Å². The number of aryl methyl sites for hydroxylation is 1. The molecule has 6 heteroatoms. The zero-order chi connectivity index (χ0) is 22.3. The fourth-order valence-electron chi connectivity index (χ4n) is 4.36. The Labute approximate surface area is 190 Å². The van der Waals surface area contributed by atoms with Crippen molar-refractivity contribution >= 4 is 11.5 Å². The molecule has 0 aliphatic carbocycles. The molecule has 2 aromatic heterocycles. The first-order valence-corrected chi connectivity index (χ1v) is 11.4. The predicted molar refractivity (Wildman–Crippen MR) is 127 cm³/mol. The van der Waals surface area contributed by atoms with Crippen molar-refractivity contribution in [3.63, 3.8) is 0 Å². The Kier molecular flexibility index (Phi) is 7.35. The number of ether oxygens (including phenoxy) is 1. The molecule has 6 nitrogen and oxygen atoms in total. The Morgan fingerprint density at radius 2 is 1.97 bits per heavy atom. The van der Waals surface area contributed by atoms with Crippen molar-refractivity contribution in [1.29, 1.82) is 0 Å². The number of rotatable bonds is 8. The molecule has 1 fully saturated rings. The van der Waals surface area contributed by atoms with Gasteiger partial charge in [0, 0.05) is 41.3 Å². The highest BCUT2D eigenvalue weighted by molar-refractivity contribution is 5.57. The van der Waals surface area contributed by atoms with Gasteiger partial charge < -0.3 is 15.2 Å². The molecule has 1 aliphatic heterocycles. The lowest BCUT2D eigenvalue weighted by Crippen LogP contribution is -2.32. The molecular formula is C26H32N4O2. The van der Waals surface area contributed by atoms with E-state index in [9.17, 15) is 5.11 Å². The van der Waals surface area contributed by atoms with Gasteiger partial charge in [-0.2, -0.15) is 0 Å². The summed E-state index contributed by atoms with van der Waals surface area (Å²) in [4.78, 5) is 11.7. The maximum atomic E-state index is 9.66. The molecule has 0 unspecified atom stereocenters. The van der Waals surface area contributed by atoms with Gasteiger partial charge in [0.2, 0.25) is 0 Å². The highest BCUT2D eigenvalue weighted by atomic mass is 16.5. The predicted octanol–water partition coefficient (Wildman–Crippen LogP) is 4.80. The molecule has 0 radical (unpaired) electrons. The molecule has 0 atom stereocenters. The van der Waals surface area contributed by atoms with Crippen LogP contribution in [0.4, 0.5) is 11.5 Å². The van der Waals surface area contributed by atoms with Gasteiger partial charge in [-0.05, 0) is 81.7 Å². The van der Waals surface area contributed by atoms with Gasteiger partial charge in [0.1, 0.15) is 11.6 Å². The number of likely N-dealkylation sites (tertiary alicyclic amines) is 1. The van der Waals surface area contributed by atoms with Gasteiger partial charge in [-0.1, -0.05) is 12.1 Å². The largest absolute Gasteiger partial charge is 0.494 e. The quantitative estimate of drug-likeness (QED) is 0.533. The molecule has 3 heterocycles. The number of piperidine rings is 1. The van der Waals surface area contributed by atoms with Crippen LogP contribution in [0.5, 0.6) is 5.75 Å². The average molecular weight is 433 g/mol. The van der Waals surface area contributed by atoms with Crippen molar-refractivity contribution in [2.45, 2.75) is 45.8 Å². The summed E-state index contributed by atoms with van der Waals surface area (Å²) in [5, 5.41) is 13.1. The molecule has 168 valence electrons. The van der Waals surface area contributed by atoms with E-state index < -0.39 is 0 Å². The Bertz CT molecular complexity index is 1020. The molecule has 32 heavy (non-hydrogen) atoms. The maximum Gasteiger partial charge on any atom is 0.130 e. The van der Waals surface area contributed by atoms with E-state index in [2.05, 4.69) is 39.5 Å². The topological polar surface area (TPSA) is 70.5 Å². The third-order valence-corrected chi connectivity index (χ3v) is 5.92. The molecule has 3 aromatic rings. The van der Waals surface area contributed by atoms with E-state index in [1.165, 1.54) is 5.56 Å². The minimum absolute atomic E-state index is 0.000848. The minimum Gasteiger partial charge on any atom is -0.494 e. The minimum atomic E-state index is -0.000848. The van der Waals surface area contributed by atoms with E-state index in [-0.39, 0.29) is 6.61 Å². The first-order chi connectivity index (χ1) is 15.6. The smallest absolute Gasteiger partial charge is 0.130 e. The van der Waals surface area contributed by atoms with Crippen molar-refractivity contribution in [1.82, 2.24) is 14.9 Å². The van der Waals surface area contributed by atoms with Crippen LogP contribution in [-0.2, 0) is 13.2 Å². The maximum absolute atomic E-state index is 9.66. The van der Waals surface area contributed by atoms with Gasteiger partial charge in [-0.15, -0.1) is 0 Å². The number of nitrogens with one attached hydrogen (secondary N) is 1. The Balaban J connectivity index is 1.37. The van der Waals surface area contributed by atoms with Crippen LogP contribution in [-0.4, -0.2) is 39.7 Å². The van der Waals surface area contributed by atoms with E-state index in [0.717, 1.165) is 66.7 Å². The third-order valence-electron chi connectivity index (χ3n) is 5.92. The monoisotopic (exact) mass is 432 g/mol. The summed E-state index contributed by atoms with van der Waals surface area (Å²) in [6, 6.07) is 16.2. The van der Waals surface area contributed by atoms with Crippen LogP contribution < -0.4 is 10.1 Å². The van der Waals surface area contributed by atoms with Crippen molar-refractivity contribution < 1.29 is 9.84 Å². The number of benzene rings is 1. The zero-order valence-electron chi connectivity index (χ0n) is 18.9. The standard InChI is InChI=1S/C26H32N4O2/c1-3-32-25-8-7-20(15-22(25)18-31)17-30-12-9-21(10-13-30)24-16-23(14-19(2)28-24)29-26-6-4-5-11-27-26/h4-8,11,14-16,21,31H,3,9-10,12-13,17-18H2,1-2H3,(H,27,28,29). The molecule has 1 aromatic carbocycles. The summed E-state index contributed by atoms with van der Waals surface area (Å²) < 4.78 is 5.60. The molecule has 1 saturated heterocycles. The lowest BCUT2D eigenvalue weighted by atomic mass is 9.92. The number of aromatic nitrogens is 2. The van der Waals surface area contributed by atoms with Crippen LogP contribution in [0.25, 0.3) is 0 Å². The summed E-state index contributed by atoms with van der Waals surface area (Å²) in [6.45, 7) is 7.56. The number of pyridine rings is 2. The lowest BCUT2D eigenvalue weighted by molar-refractivity contribution is 0.203. The second-order valence-electron chi connectivity index (χ2n) is 8.35. The SMILES string of the molecule is CCOc1ccc(CN2CCC(c3cc(Nc4ccccn4)cc(C)n3)CC2)cc1CO. The molecule has 0 saturated carbocycles. The molecule has 1 aliphatic rings. The van der Waals surface area contributed by atoms with Crippen LogP contribution in [0.3, 0.4) is 0 Å². The molecule has 0 amide bonds. The fraction of sp³-hybridized carbons (Fsp3) is 0.385. The van der Waals surface area contributed by atoms with Crippen molar-refractivity contribution in [2.75, 3.05) is 25.0 Å². The highest BCUT2D eigenvalue weighted by Gasteiger charge is 2.22. The first kappa shape index (κ1) is 22.2.